The molecule has 0 saturated heterocycles. The number of nitro groups is 1. The predicted octanol–water partition coefficient (Wildman–Crippen LogP) is 3.82. The highest BCUT2D eigenvalue weighted by Crippen LogP contribution is 2.34. The molecular weight excluding hydrogens is 366 g/mol. The first kappa shape index (κ1) is 20.9. The normalized spacial score (nSPS) is 12.2. The van der Waals surface area contributed by atoms with Crippen LogP contribution in [0.3, 0.4) is 0 Å². The summed E-state index contributed by atoms with van der Waals surface area (Å²) in [5, 5.41) is 22.6. The van der Waals surface area contributed by atoms with E-state index in [2.05, 4.69) is 29.4 Å². The zero-order valence-corrected chi connectivity index (χ0v) is 16.8. The highest BCUT2D eigenvalue weighted by Gasteiger charge is 2.20. The summed E-state index contributed by atoms with van der Waals surface area (Å²) >= 11 is 1.14. The van der Waals surface area contributed by atoms with Crippen molar-refractivity contribution in [1.82, 2.24) is 20.1 Å². The van der Waals surface area contributed by atoms with E-state index in [1.54, 1.807) is 23.7 Å². The number of rotatable bonds is 9. The minimum Gasteiger partial charge on any atom is -0.350 e. The summed E-state index contributed by atoms with van der Waals surface area (Å²) in [6, 6.07) is 4.51. The predicted molar refractivity (Wildman–Crippen MR) is 104 cm³/mol. The molecule has 9 heteroatoms. The van der Waals surface area contributed by atoms with Crippen LogP contribution in [0.4, 0.5) is 5.69 Å². The number of carbonyl (C=O) groups is 1. The van der Waals surface area contributed by atoms with E-state index in [0.29, 0.717) is 16.0 Å². The van der Waals surface area contributed by atoms with Gasteiger partial charge in [-0.1, -0.05) is 26.7 Å². The van der Waals surface area contributed by atoms with E-state index < -0.39 is 4.92 Å². The standard InChI is InChI=1S/C18H25N5O3S/c1-12(2)6-5-7-13(3)20-17(24)14-8-9-16(15(10-14)23(25)26)27-18-21-19-11-22(18)4/h8-13H,5-7H2,1-4H3,(H,20,24). The van der Waals surface area contributed by atoms with E-state index in [0.717, 1.165) is 31.0 Å². The third-order valence-electron chi connectivity index (χ3n) is 4.09. The lowest BCUT2D eigenvalue weighted by Crippen LogP contribution is -2.32. The third-order valence-corrected chi connectivity index (χ3v) is 5.20. The van der Waals surface area contributed by atoms with Gasteiger partial charge >= 0.3 is 0 Å². The highest BCUT2D eigenvalue weighted by molar-refractivity contribution is 7.99. The van der Waals surface area contributed by atoms with Gasteiger partial charge in [0, 0.05) is 24.7 Å². The number of aryl methyl sites for hydroxylation is 1. The first-order chi connectivity index (χ1) is 12.8. The van der Waals surface area contributed by atoms with Gasteiger partial charge in [-0.3, -0.25) is 14.9 Å². The summed E-state index contributed by atoms with van der Waals surface area (Å²) in [4.78, 5) is 23.8. The molecule has 1 atom stereocenters. The number of nitrogens with zero attached hydrogens (tertiary/aromatic N) is 4. The van der Waals surface area contributed by atoms with Crippen molar-refractivity contribution in [3.8, 4) is 0 Å². The van der Waals surface area contributed by atoms with Gasteiger partial charge in [-0.2, -0.15) is 0 Å². The second-order valence-corrected chi connectivity index (χ2v) is 7.97. The molecule has 2 rings (SSSR count). The fourth-order valence-electron chi connectivity index (χ4n) is 2.56. The molecule has 1 unspecified atom stereocenters. The van der Waals surface area contributed by atoms with Crippen molar-refractivity contribution in [3.05, 3.63) is 40.2 Å². The topological polar surface area (TPSA) is 103 Å². The number of benzene rings is 1. The van der Waals surface area contributed by atoms with Crippen LogP contribution in [0.2, 0.25) is 0 Å². The lowest BCUT2D eigenvalue weighted by molar-refractivity contribution is -0.387. The van der Waals surface area contributed by atoms with Gasteiger partial charge < -0.3 is 9.88 Å². The Kier molecular flexibility index (Phi) is 7.35. The molecule has 0 bridgehead atoms. The summed E-state index contributed by atoms with van der Waals surface area (Å²) in [6.45, 7) is 6.29. The summed E-state index contributed by atoms with van der Waals surface area (Å²) in [5.74, 6) is 0.333. The Morgan fingerprint density at radius 3 is 2.67 bits per heavy atom. The molecule has 0 radical (unpaired) electrons. The Bertz CT molecular complexity index is 806. The summed E-state index contributed by atoms with van der Waals surface area (Å²) in [6.07, 6.45) is 4.55. The molecule has 1 amide bonds. The SMILES string of the molecule is CC(C)CCCC(C)NC(=O)c1ccc(Sc2nncn2C)c([N+](=O)[O-])c1. The number of nitrogens with one attached hydrogen (secondary N) is 1. The molecular formula is C18H25N5O3S. The average molecular weight is 391 g/mol. The third kappa shape index (κ3) is 6.06. The Morgan fingerprint density at radius 1 is 1.33 bits per heavy atom. The van der Waals surface area contributed by atoms with Crippen molar-refractivity contribution in [2.45, 2.75) is 56.1 Å². The van der Waals surface area contributed by atoms with Crippen LogP contribution in [0.15, 0.2) is 34.6 Å². The molecule has 0 aliphatic rings. The Balaban J connectivity index is 2.09. The van der Waals surface area contributed by atoms with Crippen molar-refractivity contribution < 1.29 is 9.72 Å². The fourth-order valence-corrected chi connectivity index (χ4v) is 3.41. The summed E-state index contributed by atoms with van der Waals surface area (Å²) < 4.78 is 1.67. The largest absolute Gasteiger partial charge is 0.350 e. The average Bonchev–Trinajstić information content (AvgIpc) is 2.99. The summed E-state index contributed by atoms with van der Waals surface area (Å²) in [5.41, 5.74) is 0.155. The maximum Gasteiger partial charge on any atom is 0.284 e. The van der Waals surface area contributed by atoms with Crippen LogP contribution < -0.4 is 5.32 Å². The van der Waals surface area contributed by atoms with Crippen molar-refractivity contribution in [1.29, 1.82) is 0 Å². The molecule has 0 spiro atoms. The zero-order valence-electron chi connectivity index (χ0n) is 16.0. The Morgan fingerprint density at radius 2 is 2.07 bits per heavy atom. The fraction of sp³-hybridized carbons (Fsp3) is 0.500. The molecule has 0 aliphatic heterocycles. The van der Waals surface area contributed by atoms with Crippen LogP contribution in [0, 0.1) is 16.0 Å². The number of aromatic nitrogens is 3. The van der Waals surface area contributed by atoms with Crippen molar-refractivity contribution in [2.75, 3.05) is 0 Å². The van der Waals surface area contributed by atoms with Crippen molar-refractivity contribution in [3.63, 3.8) is 0 Å². The first-order valence-corrected chi connectivity index (χ1v) is 9.70. The molecule has 8 nitrogen and oxygen atoms in total. The van der Waals surface area contributed by atoms with E-state index in [4.69, 9.17) is 0 Å². The number of amides is 1. The number of hydrogen-bond acceptors (Lipinski definition) is 6. The minimum absolute atomic E-state index is 0.0167. The number of nitro benzene ring substituents is 1. The Hall–Kier alpha value is -2.42. The van der Waals surface area contributed by atoms with Crippen LogP contribution in [-0.4, -0.2) is 31.6 Å². The van der Waals surface area contributed by atoms with E-state index in [1.807, 2.05) is 6.92 Å². The molecule has 1 aromatic carbocycles. The van der Waals surface area contributed by atoms with E-state index >= 15 is 0 Å². The van der Waals surface area contributed by atoms with E-state index in [1.165, 1.54) is 12.4 Å². The monoisotopic (exact) mass is 391 g/mol. The van der Waals surface area contributed by atoms with Gasteiger partial charge in [-0.05, 0) is 43.2 Å². The lowest BCUT2D eigenvalue weighted by Gasteiger charge is -2.14. The maximum atomic E-state index is 12.4. The van der Waals surface area contributed by atoms with Gasteiger partial charge in [-0.15, -0.1) is 10.2 Å². The molecule has 146 valence electrons. The molecule has 0 saturated carbocycles. The molecule has 0 fully saturated rings. The molecule has 1 aromatic heterocycles. The first-order valence-electron chi connectivity index (χ1n) is 8.89. The van der Waals surface area contributed by atoms with Gasteiger partial charge in [0.15, 0.2) is 5.16 Å². The molecule has 1 N–H and O–H groups in total. The highest BCUT2D eigenvalue weighted by atomic mass is 32.2. The van der Waals surface area contributed by atoms with Crippen LogP contribution in [0.1, 0.15) is 50.4 Å². The van der Waals surface area contributed by atoms with Gasteiger partial charge in [0.05, 0.1) is 9.82 Å². The van der Waals surface area contributed by atoms with E-state index in [9.17, 15) is 14.9 Å². The number of hydrogen-bond donors (Lipinski definition) is 1. The molecule has 27 heavy (non-hydrogen) atoms. The van der Waals surface area contributed by atoms with Crippen LogP contribution >= 0.6 is 11.8 Å². The van der Waals surface area contributed by atoms with E-state index in [-0.39, 0.29) is 23.2 Å². The quantitative estimate of drug-likeness (QED) is 0.515. The summed E-state index contributed by atoms with van der Waals surface area (Å²) in [7, 11) is 1.76. The molecule has 0 aliphatic carbocycles. The maximum absolute atomic E-state index is 12.4. The molecule has 1 heterocycles. The van der Waals surface area contributed by atoms with Crippen LogP contribution in [0.25, 0.3) is 0 Å². The Labute approximate surface area is 162 Å². The van der Waals surface area contributed by atoms with Gasteiger partial charge in [0.2, 0.25) is 0 Å². The van der Waals surface area contributed by atoms with Gasteiger partial charge in [0.25, 0.3) is 11.6 Å². The lowest BCUT2D eigenvalue weighted by atomic mass is 10.0. The second kappa shape index (κ2) is 9.50. The van der Waals surface area contributed by atoms with Crippen LogP contribution in [0.5, 0.6) is 0 Å². The van der Waals surface area contributed by atoms with Crippen molar-refractivity contribution in [2.24, 2.45) is 13.0 Å². The van der Waals surface area contributed by atoms with Gasteiger partial charge in [0.1, 0.15) is 6.33 Å². The second-order valence-electron chi connectivity index (χ2n) is 6.97. The minimum atomic E-state index is -0.485. The number of carbonyl (C=O) groups excluding carboxylic acids is 1. The van der Waals surface area contributed by atoms with Crippen molar-refractivity contribution >= 4 is 23.4 Å². The van der Waals surface area contributed by atoms with Gasteiger partial charge in [-0.25, -0.2) is 0 Å². The van der Waals surface area contributed by atoms with Crippen LogP contribution in [-0.2, 0) is 7.05 Å². The molecule has 2 aromatic rings. The zero-order chi connectivity index (χ0) is 20.0. The smallest absolute Gasteiger partial charge is 0.284 e.